The minimum Gasteiger partial charge on any atom is -0.497 e. The van der Waals surface area contributed by atoms with Crippen LogP contribution in [-0.2, 0) is 29.1 Å². The van der Waals surface area contributed by atoms with E-state index in [1.54, 1.807) is 38.3 Å². The van der Waals surface area contributed by atoms with Crippen LogP contribution in [0.4, 0.5) is 4.79 Å². The van der Waals surface area contributed by atoms with Crippen LogP contribution in [0.2, 0.25) is 0 Å². The van der Waals surface area contributed by atoms with Crippen molar-refractivity contribution < 1.29 is 41.9 Å². The minimum absolute atomic E-state index is 0.0127. The first-order valence-corrected chi connectivity index (χ1v) is 21.0. The summed E-state index contributed by atoms with van der Waals surface area (Å²) in [5.41, 5.74) is -0.804. The van der Waals surface area contributed by atoms with E-state index in [0.717, 1.165) is 49.9 Å². The molecule has 55 heavy (non-hydrogen) atoms. The maximum atomic E-state index is 14.8. The highest BCUT2D eigenvalue weighted by molar-refractivity contribution is 7.91. The van der Waals surface area contributed by atoms with Gasteiger partial charge in [-0.15, -0.1) is 5.10 Å². The maximum absolute atomic E-state index is 14.8. The summed E-state index contributed by atoms with van der Waals surface area (Å²) in [6.45, 7) is 1.76. The topological polar surface area (TPSA) is 213 Å². The molecule has 5 aliphatic rings. The first-order chi connectivity index (χ1) is 26.5. The molecule has 3 heterocycles. The Labute approximate surface area is 320 Å². The van der Waals surface area contributed by atoms with Crippen molar-refractivity contribution in [1.82, 2.24) is 40.6 Å². The third-order valence-electron chi connectivity index (χ3n) is 11.4. The Bertz CT molecular complexity index is 1880. The first kappa shape index (κ1) is 38.5. The van der Waals surface area contributed by atoms with Crippen molar-refractivity contribution in [3.63, 3.8) is 0 Å². The number of methoxy groups -OCH3 is 1. The van der Waals surface area contributed by atoms with Gasteiger partial charge in [0.05, 0.1) is 18.4 Å². The third kappa shape index (κ3) is 8.73. The van der Waals surface area contributed by atoms with Gasteiger partial charge in [-0.2, -0.15) is 0 Å². The summed E-state index contributed by atoms with van der Waals surface area (Å²) in [6, 6.07) is 4.21. The second kappa shape index (κ2) is 16.2. The van der Waals surface area contributed by atoms with E-state index >= 15 is 0 Å². The molecular formula is C37H50N8O9S. The van der Waals surface area contributed by atoms with Crippen molar-refractivity contribution in [3.8, 4) is 17.1 Å². The summed E-state index contributed by atoms with van der Waals surface area (Å²) >= 11 is 0. The van der Waals surface area contributed by atoms with Crippen LogP contribution >= 0.6 is 0 Å². The predicted octanol–water partition coefficient (Wildman–Crippen LogP) is 2.57. The third-order valence-corrected chi connectivity index (χ3v) is 13.3. The monoisotopic (exact) mass is 782 g/mol. The number of sulfonamides is 1. The lowest BCUT2D eigenvalue weighted by molar-refractivity contribution is -0.143. The van der Waals surface area contributed by atoms with Crippen LogP contribution in [0.15, 0.2) is 36.4 Å². The molecule has 1 aromatic carbocycles. The molecule has 0 spiro atoms. The fourth-order valence-corrected chi connectivity index (χ4v) is 9.29. The van der Waals surface area contributed by atoms with Gasteiger partial charge in [0, 0.05) is 16.9 Å². The van der Waals surface area contributed by atoms with E-state index in [1.165, 1.54) is 4.90 Å². The van der Waals surface area contributed by atoms with E-state index < -0.39 is 68.9 Å². The molecule has 298 valence electrons. The second-order valence-corrected chi connectivity index (χ2v) is 17.4. The highest BCUT2D eigenvalue weighted by Crippen LogP contribution is 2.44. The Morgan fingerprint density at radius 3 is 2.38 bits per heavy atom. The number of nitrogens with one attached hydrogen (secondary N) is 3. The van der Waals surface area contributed by atoms with Crippen LogP contribution in [0.1, 0.15) is 96.8 Å². The average Bonchev–Trinajstić information content (AvgIpc) is 3.93. The Morgan fingerprint density at radius 1 is 0.964 bits per heavy atom. The molecule has 2 aromatic rings. The fourth-order valence-electron chi connectivity index (χ4n) is 7.92. The molecule has 1 saturated heterocycles. The fraction of sp³-hybridized carbons (Fsp3) is 0.649. The van der Waals surface area contributed by atoms with Crippen molar-refractivity contribution in [1.29, 1.82) is 0 Å². The molecule has 7 rings (SSSR count). The average molecular weight is 783 g/mol. The molecule has 3 saturated carbocycles. The van der Waals surface area contributed by atoms with Gasteiger partial charge in [-0.1, -0.05) is 37.0 Å². The molecule has 3 N–H and O–H groups in total. The van der Waals surface area contributed by atoms with Crippen LogP contribution < -0.4 is 24.9 Å². The van der Waals surface area contributed by atoms with E-state index in [2.05, 4.69) is 30.8 Å². The number of allylic oxidation sites excluding steroid dienone is 1. The van der Waals surface area contributed by atoms with Gasteiger partial charge < -0.3 is 29.8 Å². The number of rotatable bonds is 11. The molecular weight excluding hydrogens is 733 g/mol. The maximum Gasteiger partial charge on any atom is 0.408 e. The van der Waals surface area contributed by atoms with E-state index in [9.17, 15) is 27.6 Å². The van der Waals surface area contributed by atoms with E-state index in [1.807, 2.05) is 12.2 Å². The molecule has 3 unspecified atom stereocenters. The number of alkyl carbamates (subject to hydrolysis) is 1. The molecule has 18 heteroatoms. The molecule has 2 aliphatic heterocycles. The summed E-state index contributed by atoms with van der Waals surface area (Å²) in [5, 5.41) is 17.7. The molecule has 0 radical (unpaired) electrons. The van der Waals surface area contributed by atoms with Crippen LogP contribution in [0.5, 0.6) is 5.75 Å². The molecule has 0 bridgehead atoms. The Balaban J connectivity index is 1.17. The standard InChI is InChI=1S/C37H50N8O9S/c1-23-22-37(23,35(48)42-55(50,51)27-19-20-27)39-33(46)30-21-31(54-45-41-32(40-43-45)24-15-17-25(52-2)18-16-24)29-14-8-6-4-3-5-7-13-28(34(47)44(29)30)38-36(49)53-26-11-9-10-12-26/h6,8,15-18,23,26-31H,3-5,7,9-14,19-22H2,1-2H3,(H,38,49)(H,39,46)(H,42,48)/b8-6-/t23-,28?,29?,30+,31-,37?/m1/s1. The zero-order chi connectivity index (χ0) is 38.7. The number of amides is 4. The van der Waals surface area contributed by atoms with Gasteiger partial charge >= 0.3 is 6.09 Å². The van der Waals surface area contributed by atoms with Crippen molar-refractivity contribution in [2.75, 3.05) is 7.11 Å². The molecule has 1 aromatic heterocycles. The van der Waals surface area contributed by atoms with E-state index in [0.29, 0.717) is 43.4 Å². The smallest absolute Gasteiger partial charge is 0.408 e. The number of tetrazole rings is 1. The quantitative estimate of drug-likeness (QED) is 0.281. The van der Waals surface area contributed by atoms with Crippen LogP contribution in [0.25, 0.3) is 11.4 Å². The van der Waals surface area contributed by atoms with Crippen LogP contribution in [0, 0.1) is 5.92 Å². The molecule has 3 aliphatic carbocycles. The van der Waals surface area contributed by atoms with Crippen LogP contribution in [-0.4, -0.2) is 106 Å². The number of nitrogens with zero attached hydrogens (tertiary/aromatic N) is 5. The summed E-state index contributed by atoms with van der Waals surface area (Å²) < 4.78 is 38.6. The Kier molecular flexibility index (Phi) is 11.3. The van der Waals surface area contributed by atoms with E-state index in [-0.39, 0.29) is 30.7 Å². The lowest BCUT2D eigenvalue weighted by Crippen LogP contribution is -2.59. The molecule has 17 nitrogen and oxygen atoms in total. The lowest BCUT2D eigenvalue weighted by atomic mass is 10.0. The summed E-state index contributed by atoms with van der Waals surface area (Å²) in [7, 11) is -2.31. The number of carbonyl (C=O) groups excluding carboxylic acids is 4. The number of ether oxygens (including phenoxy) is 2. The van der Waals surface area contributed by atoms with Crippen molar-refractivity contribution in [2.45, 2.75) is 138 Å². The zero-order valence-corrected chi connectivity index (χ0v) is 32.0. The highest BCUT2D eigenvalue weighted by atomic mass is 32.2. The number of hydrogen-bond acceptors (Lipinski definition) is 12. The Morgan fingerprint density at radius 2 is 1.69 bits per heavy atom. The van der Waals surface area contributed by atoms with Crippen molar-refractivity contribution in [3.05, 3.63) is 36.4 Å². The largest absolute Gasteiger partial charge is 0.497 e. The van der Waals surface area contributed by atoms with Crippen LogP contribution in [0.3, 0.4) is 0 Å². The van der Waals surface area contributed by atoms with Gasteiger partial charge in [-0.05, 0) is 106 Å². The molecule has 4 fully saturated rings. The highest BCUT2D eigenvalue weighted by Gasteiger charge is 2.61. The second-order valence-electron chi connectivity index (χ2n) is 15.4. The van der Waals surface area contributed by atoms with Gasteiger partial charge in [-0.3, -0.25) is 19.1 Å². The van der Waals surface area contributed by atoms with E-state index in [4.69, 9.17) is 14.3 Å². The van der Waals surface area contributed by atoms with Crippen molar-refractivity contribution >= 4 is 33.8 Å². The summed E-state index contributed by atoms with van der Waals surface area (Å²) in [5.74, 6) is -1.33. The summed E-state index contributed by atoms with van der Waals surface area (Å²) in [4.78, 5) is 64.7. The number of benzene rings is 1. The minimum atomic E-state index is -3.87. The molecule has 4 amide bonds. The summed E-state index contributed by atoms with van der Waals surface area (Å²) in [6.07, 6.45) is 10.7. The number of hydrogen-bond donors (Lipinski definition) is 3. The lowest BCUT2D eigenvalue weighted by Gasteiger charge is -2.34. The Hall–Kier alpha value is -4.74. The number of carbonyl (C=O) groups is 4. The van der Waals surface area contributed by atoms with Gasteiger partial charge in [0.15, 0.2) is 6.10 Å². The SMILES string of the molecule is COc1ccc(-c2nnn(O[C@@H]3C[C@@H](C(=O)NC4(C(=O)NS(=O)(=O)C5CC5)C[C@H]4C)N4C(=O)C(NC(=O)OC5CCCC5)CCCCC/C=C\CC34)n2)cc1. The predicted molar refractivity (Wildman–Crippen MR) is 196 cm³/mol. The van der Waals surface area contributed by atoms with Gasteiger partial charge in [-0.25, -0.2) is 13.2 Å². The number of fused-ring (bicyclic) bond motifs is 1. The van der Waals surface area contributed by atoms with Gasteiger partial charge in [0.1, 0.15) is 29.5 Å². The zero-order valence-electron chi connectivity index (χ0n) is 31.2. The molecule has 6 atom stereocenters. The van der Waals surface area contributed by atoms with Gasteiger partial charge in [0.2, 0.25) is 27.7 Å². The van der Waals surface area contributed by atoms with Gasteiger partial charge in [0.25, 0.3) is 5.91 Å². The normalized spacial score (nSPS) is 29.2. The van der Waals surface area contributed by atoms with Crippen molar-refractivity contribution in [2.24, 2.45) is 5.92 Å². The first-order valence-electron chi connectivity index (χ1n) is 19.4. The number of aromatic nitrogens is 4.